The molecule has 1 amide bonds. The highest BCUT2D eigenvalue weighted by Gasteiger charge is 2.29. The first-order valence-corrected chi connectivity index (χ1v) is 10.0. The van der Waals surface area contributed by atoms with E-state index in [4.69, 9.17) is 0 Å². The fourth-order valence-corrected chi connectivity index (χ4v) is 4.64. The average molecular weight is 374 g/mol. The summed E-state index contributed by atoms with van der Waals surface area (Å²) in [5, 5.41) is 12.5. The number of carbonyl (C=O) groups is 1. The van der Waals surface area contributed by atoms with E-state index in [0.717, 1.165) is 24.3 Å². The SMILES string of the molecule is Cc1ccc(-n2nnnc2S[C@H](C)C(=O)N2C[C@@H](C)C[C@H](C)C2)c(C)c1. The van der Waals surface area contributed by atoms with E-state index in [2.05, 4.69) is 42.4 Å². The van der Waals surface area contributed by atoms with Crippen LogP contribution in [0.15, 0.2) is 23.4 Å². The van der Waals surface area contributed by atoms with Crippen LogP contribution in [0.5, 0.6) is 0 Å². The Bertz CT molecular complexity index is 780. The molecule has 1 aliphatic heterocycles. The third-order valence-corrected chi connectivity index (χ3v) is 5.85. The third-order valence-electron chi connectivity index (χ3n) is 4.83. The second-order valence-electron chi connectivity index (χ2n) is 7.61. The molecular formula is C19H27N5OS. The molecule has 0 saturated carbocycles. The number of piperidine rings is 1. The van der Waals surface area contributed by atoms with Gasteiger partial charge in [-0.2, -0.15) is 4.68 Å². The van der Waals surface area contributed by atoms with Gasteiger partial charge < -0.3 is 4.90 Å². The zero-order valence-corrected chi connectivity index (χ0v) is 17.0. The van der Waals surface area contributed by atoms with Crippen molar-refractivity contribution in [3.05, 3.63) is 29.3 Å². The summed E-state index contributed by atoms with van der Waals surface area (Å²) >= 11 is 1.42. The molecule has 0 unspecified atom stereocenters. The number of aryl methyl sites for hydroxylation is 2. The number of hydrogen-bond acceptors (Lipinski definition) is 5. The van der Waals surface area contributed by atoms with E-state index in [9.17, 15) is 4.79 Å². The lowest BCUT2D eigenvalue weighted by Crippen LogP contribution is -2.45. The zero-order chi connectivity index (χ0) is 18.8. The van der Waals surface area contributed by atoms with Gasteiger partial charge in [-0.3, -0.25) is 4.79 Å². The van der Waals surface area contributed by atoms with E-state index >= 15 is 0 Å². The number of likely N-dealkylation sites (tertiary alicyclic amines) is 1. The number of thioether (sulfide) groups is 1. The number of nitrogens with zero attached hydrogens (tertiary/aromatic N) is 5. The number of hydrogen-bond donors (Lipinski definition) is 0. The minimum Gasteiger partial charge on any atom is -0.341 e. The van der Waals surface area contributed by atoms with Crippen molar-refractivity contribution in [1.82, 2.24) is 25.1 Å². The van der Waals surface area contributed by atoms with Crippen LogP contribution < -0.4 is 0 Å². The van der Waals surface area contributed by atoms with Gasteiger partial charge in [-0.25, -0.2) is 0 Å². The maximum absolute atomic E-state index is 12.9. The van der Waals surface area contributed by atoms with Crippen LogP contribution in [0.3, 0.4) is 0 Å². The molecule has 2 heterocycles. The van der Waals surface area contributed by atoms with Gasteiger partial charge in [0.25, 0.3) is 0 Å². The Hall–Kier alpha value is -1.89. The molecule has 3 atom stereocenters. The second kappa shape index (κ2) is 7.78. The Morgan fingerprint density at radius 3 is 2.58 bits per heavy atom. The molecule has 1 aromatic heterocycles. The molecule has 0 aliphatic carbocycles. The van der Waals surface area contributed by atoms with Gasteiger partial charge in [0, 0.05) is 13.1 Å². The van der Waals surface area contributed by atoms with Crippen LogP contribution in [0, 0.1) is 25.7 Å². The summed E-state index contributed by atoms with van der Waals surface area (Å²) < 4.78 is 1.73. The van der Waals surface area contributed by atoms with Gasteiger partial charge in [0.15, 0.2) is 0 Å². The van der Waals surface area contributed by atoms with Crippen LogP contribution in [-0.2, 0) is 4.79 Å². The Morgan fingerprint density at radius 2 is 1.92 bits per heavy atom. The largest absolute Gasteiger partial charge is 0.341 e. The molecule has 6 nitrogen and oxygen atoms in total. The van der Waals surface area contributed by atoms with Crippen LogP contribution in [0.25, 0.3) is 5.69 Å². The normalized spacial score (nSPS) is 21.7. The van der Waals surface area contributed by atoms with Crippen molar-refractivity contribution in [3.8, 4) is 5.69 Å². The third kappa shape index (κ3) is 4.09. The van der Waals surface area contributed by atoms with Gasteiger partial charge in [-0.05, 0) is 61.1 Å². The predicted molar refractivity (Wildman–Crippen MR) is 103 cm³/mol. The van der Waals surface area contributed by atoms with Gasteiger partial charge in [-0.1, -0.05) is 43.3 Å². The lowest BCUT2D eigenvalue weighted by atomic mass is 9.92. The Morgan fingerprint density at radius 1 is 1.23 bits per heavy atom. The Labute approximate surface area is 159 Å². The number of benzene rings is 1. The summed E-state index contributed by atoms with van der Waals surface area (Å²) in [5.74, 6) is 1.28. The first kappa shape index (κ1) is 18.9. The van der Waals surface area contributed by atoms with Crippen molar-refractivity contribution in [2.45, 2.75) is 51.4 Å². The number of rotatable bonds is 4. The number of amides is 1. The fourth-order valence-electron chi connectivity index (χ4n) is 3.76. The average Bonchev–Trinajstić information content (AvgIpc) is 3.01. The standard InChI is InChI=1S/C19H27N5OS/c1-12-6-7-17(15(4)9-12)24-19(20-21-22-24)26-16(5)18(25)23-10-13(2)8-14(3)11-23/h6-7,9,13-14,16H,8,10-11H2,1-5H3/t13-,14-,16+/m0/s1. The molecule has 1 aliphatic rings. The molecule has 0 bridgehead atoms. The predicted octanol–water partition coefficient (Wildman–Crippen LogP) is 3.26. The molecule has 1 saturated heterocycles. The van der Waals surface area contributed by atoms with Crippen molar-refractivity contribution in [1.29, 1.82) is 0 Å². The smallest absolute Gasteiger partial charge is 0.235 e. The number of aromatic nitrogens is 4. The molecule has 1 fully saturated rings. The van der Waals surface area contributed by atoms with Crippen LogP contribution in [-0.4, -0.2) is 49.4 Å². The zero-order valence-electron chi connectivity index (χ0n) is 16.1. The summed E-state index contributed by atoms with van der Waals surface area (Å²) in [7, 11) is 0. The summed E-state index contributed by atoms with van der Waals surface area (Å²) in [4.78, 5) is 14.9. The van der Waals surface area contributed by atoms with Crippen molar-refractivity contribution >= 4 is 17.7 Å². The Kier molecular flexibility index (Phi) is 5.65. The van der Waals surface area contributed by atoms with E-state index in [1.807, 2.05) is 30.9 Å². The van der Waals surface area contributed by atoms with E-state index in [1.54, 1.807) is 4.68 Å². The summed E-state index contributed by atoms with van der Waals surface area (Å²) in [6.07, 6.45) is 1.19. The van der Waals surface area contributed by atoms with Gasteiger partial charge in [0.05, 0.1) is 10.9 Å². The topological polar surface area (TPSA) is 63.9 Å². The summed E-state index contributed by atoms with van der Waals surface area (Å²) in [6.45, 7) is 12.2. The maximum Gasteiger partial charge on any atom is 0.235 e. The van der Waals surface area contributed by atoms with Crippen LogP contribution in [0.1, 0.15) is 38.3 Å². The maximum atomic E-state index is 12.9. The monoisotopic (exact) mass is 373 g/mol. The molecule has 2 aromatic rings. The lowest BCUT2D eigenvalue weighted by molar-refractivity contribution is -0.132. The minimum atomic E-state index is -0.219. The van der Waals surface area contributed by atoms with Crippen LogP contribution >= 0.6 is 11.8 Å². The van der Waals surface area contributed by atoms with Crippen molar-refractivity contribution in [2.75, 3.05) is 13.1 Å². The quantitative estimate of drug-likeness (QED) is 0.770. The second-order valence-corrected chi connectivity index (χ2v) is 8.92. The first-order chi connectivity index (χ1) is 12.3. The summed E-state index contributed by atoms with van der Waals surface area (Å²) in [5.41, 5.74) is 3.25. The fraction of sp³-hybridized carbons (Fsp3) is 0.579. The number of carbonyl (C=O) groups excluding carboxylic acids is 1. The minimum absolute atomic E-state index is 0.170. The van der Waals surface area contributed by atoms with Crippen molar-refractivity contribution in [2.24, 2.45) is 11.8 Å². The molecular weight excluding hydrogens is 346 g/mol. The van der Waals surface area contributed by atoms with Gasteiger partial charge in [-0.15, -0.1) is 5.10 Å². The molecule has 3 rings (SSSR count). The highest BCUT2D eigenvalue weighted by Crippen LogP contribution is 2.28. The molecule has 7 heteroatoms. The van der Waals surface area contributed by atoms with E-state index < -0.39 is 0 Å². The van der Waals surface area contributed by atoms with E-state index in [1.165, 1.54) is 23.7 Å². The van der Waals surface area contributed by atoms with Crippen molar-refractivity contribution in [3.63, 3.8) is 0 Å². The van der Waals surface area contributed by atoms with E-state index in [-0.39, 0.29) is 11.2 Å². The van der Waals surface area contributed by atoms with Gasteiger partial charge in [0.1, 0.15) is 0 Å². The highest BCUT2D eigenvalue weighted by atomic mass is 32.2. The van der Waals surface area contributed by atoms with Gasteiger partial charge >= 0.3 is 0 Å². The molecule has 0 spiro atoms. The van der Waals surface area contributed by atoms with Crippen LogP contribution in [0.2, 0.25) is 0 Å². The lowest BCUT2D eigenvalue weighted by Gasteiger charge is -2.36. The molecule has 26 heavy (non-hydrogen) atoms. The first-order valence-electron chi connectivity index (χ1n) is 9.16. The van der Waals surface area contributed by atoms with Crippen LogP contribution in [0.4, 0.5) is 0 Å². The number of tetrazole rings is 1. The summed E-state index contributed by atoms with van der Waals surface area (Å²) in [6, 6.07) is 6.17. The van der Waals surface area contributed by atoms with E-state index in [0.29, 0.717) is 17.0 Å². The molecule has 140 valence electrons. The highest BCUT2D eigenvalue weighted by molar-refractivity contribution is 8.00. The molecule has 0 N–H and O–H groups in total. The molecule has 0 radical (unpaired) electrons. The molecule has 1 aromatic carbocycles. The van der Waals surface area contributed by atoms with Gasteiger partial charge in [0.2, 0.25) is 11.1 Å². The Balaban J connectivity index is 1.75. The van der Waals surface area contributed by atoms with Crippen molar-refractivity contribution < 1.29 is 4.79 Å².